The molecule has 6 rings (SSSR count). The molecule has 1 atom stereocenters. The summed E-state index contributed by atoms with van der Waals surface area (Å²) in [6.45, 7) is 0.810. The summed E-state index contributed by atoms with van der Waals surface area (Å²) in [6.07, 6.45) is 4.20. The van der Waals surface area contributed by atoms with E-state index in [0.29, 0.717) is 59.4 Å². The van der Waals surface area contributed by atoms with Crippen molar-refractivity contribution in [1.29, 1.82) is 5.26 Å². The number of pyridine rings is 1. The molecule has 0 spiro atoms. The van der Waals surface area contributed by atoms with Gasteiger partial charge >= 0.3 is 5.69 Å². The Kier molecular flexibility index (Phi) is 8.77. The van der Waals surface area contributed by atoms with Crippen LogP contribution in [0.1, 0.15) is 46.2 Å². The molecule has 2 heterocycles. The van der Waals surface area contributed by atoms with Crippen LogP contribution in [0.2, 0.25) is 5.02 Å². The van der Waals surface area contributed by atoms with E-state index in [4.69, 9.17) is 25.8 Å². The average Bonchev–Trinajstić information content (AvgIpc) is 3.67. The Morgan fingerprint density at radius 1 is 1.09 bits per heavy atom. The fourth-order valence-electron chi connectivity index (χ4n) is 5.45. The Hall–Kier alpha value is -5.18. The number of methoxy groups -OCH3 is 1. The normalized spacial score (nSPS) is 13.7. The van der Waals surface area contributed by atoms with Gasteiger partial charge in [0.1, 0.15) is 36.1 Å². The van der Waals surface area contributed by atoms with Crippen molar-refractivity contribution >= 4 is 11.6 Å². The van der Waals surface area contributed by atoms with Gasteiger partial charge in [-0.05, 0) is 47.7 Å². The van der Waals surface area contributed by atoms with Gasteiger partial charge in [-0.1, -0.05) is 41.9 Å². The van der Waals surface area contributed by atoms with Crippen molar-refractivity contribution in [3.8, 4) is 34.4 Å². The number of ether oxygens (including phenoxy) is 3. The molecular weight excluding hydrogens is 599 g/mol. The lowest BCUT2D eigenvalue weighted by Gasteiger charge is -2.20. The van der Waals surface area contributed by atoms with Crippen LogP contribution in [0.4, 0.5) is 4.39 Å². The number of aromatic amines is 2. The van der Waals surface area contributed by atoms with E-state index >= 15 is 4.39 Å². The minimum Gasteiger partial charge on any atom is -0.494 e. The van der Waals surface area contributed by atoms with Gasteiger partial charge < -0.3 is 19.5 Å². The van der Waals surface area contributed by atoms with Gasteiger partial charge in [0.05, 0.1) is 24.2 Å². The van der Waals surface area contributed by atoms with Gasteiger partial charge in [0.2, 0.25) is 0 Å². The molecular formula is C33H28ClFN6O4. The van der Waals surface area contributed by atoms with E-state index in [1.165, 1.54) is 13.3 Å². The molecule has 3 aromatic carbocycles. The minimum atomic E-state index is -0.402. The molecule has 1 aliphatic carbocycles. The standard InChI is InChI=1S/C33H28ClFN6O4/c1-43-28-7-3-6-25(32(28)35)22-4-2-5-24-23(22)8-9-27(24)45-30-12-29(44-18-20-10-19(13-36)14-37-15-20)21(11-26(30)34)16-38-17-31-39-33(42)41-40-31/h2-7,10-12,14-15,27,38H,8-9,16-18H2,1H3,(H2,39,40,41,42)/t27-/m0/s1. The zero-order valence-electron chi connectivity index (χ0n) is 24.2. The van der Waals surface area contributed by atoms with E-state index in [0.717, 1.165) is 27.8 Å². The first kappa shape index (κ1) is 29.9. The van der Waals surface area contributed by atoms with Crippen LogP contribution >= 0.6 is 11.6 Å². The van der Waals surface area contributed by atoms with Crippen molar-refractivity contribution in [3.63, 3.8) is 0 Å². The van der Waals surface area contributed by atoms with Gasteiger partial charge in [-0.25, -0.2) is 14.3 Å². The van der Waals surface area contributed by atoms with Gasteiger partial charge in [0.25, 0.3) is 0 Å². The molecule has 0 aliphatic heterocycles. The Morgan fingerprint density at radius 2 is 1.93 bits per heavy atom. The number of rotatable bonds is 11. The van der Waals surface area contributed by atoms with E-state index < -0.39 is 5.82 Å². The van der Waals surface area contributed by atoms with Crippen molar-refractivity contribution in [3.05, 3.63) is 122 Å². The number of nitriles is 1. The second kappa shape index (κ2) is 13.2. The molecule has 2 aromatic heterocycles. The number of aromatic nitrogens is 4. The number of nitrogens with zero attached hydrogens (tertiary/aromatic N) is 3. The number of hydrogen-bond acceptors (Lipinski definition) is 8. The highest BCUT2D eigenvalue weighted by Gasteiger charge is 2.28. The third-order valence-electron chi connectivity index (χ3n) is 7.55. The lowest BCUT2D eigenvalue weighted by molar-refractivity contribution is 0.206. The quantitative estimate of drug-likeness (QED) is 0.168. The summed E-state index contributed by atoms with van der Waals surface area (Å²) >= 11 is 6.76. The molecule has 0 radical (unpaired) electrons. The molecule has 0 saturated heterocycles. The van der Waals surface area contributed by atoms with Gasteiger partial charge in [-0.2, -0.15) is 10.4 Å². The maximum absolute atomic E-state index is 15.2. The molecule has 12 heteroatoms. The summed E-state index contributed by atoms with van der Waals surface area (Å²) in [5.74, 6) is 1.21. The van der Waals surface area contributed by atoms with E-state index in [1.807, 2.05) is 18.2 Å². The number of nitrogens with one attached hydrogen (secondary N) is 3. The molecule has 3 N–H and O–H groups in total. The van der Waals surface area contributed by atoms with Crippen LogP contribution in [0.3, 0.4) is 0 Å². The maximum Gasteiger partial charge on any atom is 0.340 e. The number of fused-ring (bicyclic) bond motifs is 1. The van der Waals surface area contributed by atoms with Crippen LogP contribution in [-0.2, 0) is 26.1 Å². The van der Waals surface area contributed by atoms with Crippen molar-refractivity contribution in [1.82, 2.24) is 25.5 Å². The molecule has 10 nitrogen and oxygen atoms in total. The number of halogens is 2. The Balaban J connectivity index is 1.27. The van der Waals surface area contributed by atoms with Crippen molar-refractivity contribution in [2.24, 2.45) is 0 Å². The molecule has 228 valence electrons. The average molecular weight is 627 g/mol. The van der Waals surface area contributed by atoms with E-state index in [2.05, 4.69) is 31.6 Å². The predicted octanol–water partition coefficient (Wildman–Crippen LogP) is 5.77. The SMILES string of the molecule is COc1cccc(-c2cccc3c2CC[C@@H]3Oc2cc(OCc3cncc(C#N)c3)c(CNCc3n[nH]c(=O)[nH]3)cc2Cl)c1F. The summed E-state index contributed by atoms with van der Waals surface area (Å²) < 4.78 is 33.1. The summed E-state index contributed by atoms with van der Waals surface area (Å²) in [7, 11) is 1.45. The molecule has 0 unspecified atom stereocenters. The van der Waals surface area contributed by atoms with Gasteiger partial charge in [-0.15, -0.1) is 0 Å². The summed E-state index contributed by atoms with van der Waals surface area (Å²) in [5.41, 5.74) is 4.78. The molecule has 0 saturated carbocycles. The highest BCUT2D eigenvalue weighted by molar-refractivity contribution is 6.32. The van der Waals surface area contributed by atoms with Crippen LogP contribution in [0.5, 0.6) is 17.2 Å². The fourth-order valence-corrected chi connectivity index (χ4v) is 5.68. The van der Waals surface area contributed by atoms with Crippen LogP contribution in [0, 0.1) is 17.1 Å². The molecule has 0 bridgehead atoms. The van der Waals surface area contributed by atoms with E-state index in [1.54, 1.807) is 42.6 Å². The topological polar surface area (TPSA) is 138 Å². The Bertz CT molecular complexity index is 1950. The summed E-state index contributed by atoms with van der Waals surface area (Å²) in [5, 5.41) is 19.1. The lowest BCUT2D eigenvalue weighted by Crippen LogP contribution is -2.15. The first-order chi connectivity index (χ1) is 21.9. The number of H-pyrrole nitrogens is 2. The molecule has 1 aliphatic rings. The molecule has 0 amide bonds. The minimum absolute atomic E-state index is 0.158. The van der Waals surface area contributed by atoms with Crippen LogP contribution in [-0.4, -0.2) is 27.3 Å². The Morgan fingerprint density at radius 3 is 2.73 bits per heavy atom. The number of benzene rings is 3. The van der Waals surface area contributed by atoms with Gasteiger partial charge in [0, 0.05) is 41.7 Å². The van der Waals surface area contributed by atoms with Gasteiger partial charge in [-0.3, -0.25) is 9.97 Å². The van der Waals surface area contributed by atoms with Crippen LogP contribution in [0.15, 0.2) is 71.8 Å². The highest BCUT2D eigenvalue weighted by atomic mass is 35.5. The van der Waals surface area contributed by atoms with Crippen molar-refractivity contribution in [2.75, 3.05) is 7.11 Å². The number of hydrogen-bond donors (Lipinski definition) is 3. The largest absolute Gasteiger partial charge is 0.494 e. The molecule has 5 aromatic rings. The summed E-state index contributed by atoms with van der Waals surface area (Å²) in [6, 6.07) is 18.2. The molecule has 45 heavy (non-hydrogen) atoms. The fraction of sp³-hybridized carbons (Fsp3) is 0.212. The summed E-state index contributed by atoms with van der Waals surface area (Å²) in [4.78, 5) is 18.1. The maximum atomic E-state index is 15.2. The van der Waals surface area contributed by atoms with Crippen molar-refractivity contribution < 1.29 is 18.6 Å². The van der Waals surface area contributed by atoms with Crippen LogP contribution < -0.4 is 25.2 Å². The first-order valence-corrected chi connectivity index (χ1v) is 14.6. The third kappa shape index (κ3) is 6.52. The monoisotopic (exact) mass is 626 g/mol. The van der Waals surface area contributed by atoms with E-state index in [9.17, 15) is 10.1 Å². The van der Waals surface area contributed by atoms with Crippen LogP contribution in [0.25, 0.3) is 11.1 Å². The predicted molar refractivity (Wildman–Crippen MR) is 165 cm³/mol. The second-order valence-electron chi connectivity index (χ2n) is 10.4. The smallest absolute Gasteiger partial charge is 0.340 e. The van der Waals surface area contributed by atoms with E-state index in [-0.39, 0.29) is 24.2 Å². The first-order valence-electron chi connectivity index (χ1n) is 14.2. The zero-order valence-corrected chi connectivity index (χ0v) is 25.0. The Labute approximate surface area is 262 Å². The van der Waals surface area contributed by atoms with Gasteiger partial charge in [0.15, 0.2) is 11.6 Å². The van der Waals surface area contributed by atoms with Crippen molar-refractivity contribution in [2.45, 2.75) is 38.6 Å². The zero-order chi connectivity index (χ0) is 31.3. The third-order valence-corrected chi connectivity index (χ3v) is 7.85. The lowest BCUT2D eigenvalue weighted by atomic mass is 9.96. The molecule has 0 fully saturated rings. The highest BCUT2D eigenvalue weighted by Crippen LogP contribution is 2.43. The second-order valence-corrected chi connectivity index (χ2v) is 10.8.